The number of rotatable bonds is 10. The number of nitrogens with one attached hydrogen (secondary N) is 1. The fraction of sp³-hybridized carbons (Fsp3) is 0.303. The van der Waals surface area contributed by atoms with Crippen LogP contribution in [0.5, 0.6) is 0 Å². The van der Waals surface area contributed by atoms with Gasteiger partial charge in [0, 0.05) is 12.6 Å². The quantitative estimate of drug-likeness (QED) is 0.241. The normalized spacial score (nSPS) is 14.9. The zero-order valence-electron chi connectivity index (χ0n) is 21.7. The summed E-state index contributed by atoms with van der Waals surface area (Å²) in [6.07, 6.45) is 6.62. The van der Waals surface area contributed by atoms with Gasteiger partial charge in [0.2, 0.25) is 0 Å². The van der Waals surface area contributed by atoms with Crippen LogP contribution in [0.4, 0.5) is 4.39 Å². The van der Waals surface area contributed by atoms with Crippen LogP contribution < -0.4 is 5.32 Å². The van der Waals surface area contributed by atoms with Crippen molar-refractivity contribution in [3.05, 3.63) is 131 Å². The first-order chi connectivity index (χ1) is 18.6. The Bertz CT molecular complexity index is 1300. The van der Waals surface area contributed by atoms with Gasteiger partial charge in [0.1, 0.15) is 11.6 Å². The van der Waals surface area contributed by atoms with Gasteiger partial charge in [-0.25, -0.2) is 4.39 Å². The van der Waals surface area contributed by atoms with Gasteiger partial charge in [-0.3, -0.25) is 9.69 Å². The van der Waals surface area contributed by atoms with Crippen LogP contribution in [-0.2, 0) is 19.5 Å². The van der Waals surface area contributed by atoms with Crippen molar-refractivity contribution in [2.24, 2.45) is 0 Å². The third kappa shape index (κ3) is 6.99. The predicted octanol–water partition coefficient (Wildman–Crippen LogP) is 7.47. The molecular weight excluding hydrogens is 475 g/mol. The second-order valence-corrected chi connectivity index (χ2v) is 10.2. The Labute approximate surface area is 224 Å². The first kappa shape index (κ1) is 25.9. The Morgan fingerprint density at radius 3 is 2.29 bits per heavy atom. The van der Waals surface area contributed by atoms with E-state index in [1.54, 1.807) is 18.2 Å². The number of halogens is 1. The van der Waals surface area contributed by atoms with E-state index in [-0.39, 0.29) is 17.8 Å². The summed E-state index contributed by atoms with van der Waals surface area (Å²) in [6, 6.07) is 30.9. The van der Waals surface area contributed by atoms with Crippen LogP contribution in [-0.4, -0.2) is 16.8 Å². The molecule has 0 aliphatic heterocycles. The number of amides is 1. The van der Waals surface area contributed by atoms with Gasteiger partial charge >= 0.3 is 0 Å². The van der Waals surface area contributed by atoms with Crippen LogP contribution in [0.3, 0.4) is 0 Å². The van der Waals surface area contributed by atoms with Gasteiger partial charge < -0.3 is 9.73 Å². The SMILES string of the molecule is O=C(NC(Cc1ccccc1)c1ccccc1)c1ccc(CN(Cc2cccc(F)c2)C2CCCCC2)o1. The standard InChI is InChI=1S/C33H35FN2O2/c34-28-16-10-13-26(21-28)23-36(29-17-8-3-9-18-29)24-30-19-20-32(38-30)33(37)35-31(27-14-6-2-7-15-27)22-25-11-4-1-5-12-25/h1-2,4-7,10-16,19-21,29,31H,3,8-9,17-18,22-24H2,(H,35,37). The minimum Gasteiger partial charge on any atom is -0.455 e. The molecule has 1 aliphatic carbocycles. The molecule has 1 N–H and O–H groups in total. The number of benzene rings is 3. The number of hydrogen-bond acceptors (Lipinski definition) is 3. The molecule has 1 fully saturated rings. The van der Waals surface area contributed by atoms with Gasteiger partial charge in [0.05, 0.1) is 12.6 Å². The molecular formula is C33H35FN2O2. The lowest BCUT2D eigenvalue weighted by atomic mass is 9.93. The molecule has 0 spiro atoms. The van der Waals surface area contributed by atoms with Crippen LogP contribution in [0.2, 0.25) is 0 Å². The van der Waals surface area contributed by atoms with Crippen molar-refractivity contribution in [2.45, 2.75) is 63.7 Å². The van der Waals surface area contributed by atoms with Crippen molar-refractivity contribution < 1.29 is 13.6 Å². The highest BCUT2D eigenvalue weighted by Crippen LogP contribution is 2.27. The van der Waals surface area contributed by atoms with E-state index in [2.05, 4.69) is 22.3 Å². The Kier molecular flexibility index (Phi) is 8.67. The molecule has 0 radical (unpaired) electrons. The van der Waals surface area contributed by atoms with Gasteiger partial charge in [-0.15, -0.1) is 0 Å². The summed E-state index contributed by atoms with van der Waals surface area (Å²) in [7, 11) is 0. The molecule has 196 valence electrons. The molecule has 5 heteroatoms. The number of carbonyl (C=O) groups is 1. The molecule has 0 saturated heterocycles. The smallest absolute Gasteiger partial charge is 0.287 e. The van der Waals surface area contributed by atoms with Crippen LogP contribution >= 0.6 is 0 Å². The molecule has 1 heterocycles. The Hall–Kier alpha value is -3.70. The van der Waals surface area contributed by atoms with Crippen molar-refractivity contribution in [3.63, 3.8) is 0 Å². The Morgan fingerprint density at radius 2 is 1.55 bits per heavy atom. The van der Waals surface area contributed by atoms with Crippen LogP contribution in [0, 0.1) is 5.82 Å². The van der Waals surface area contributed by atoms with Crippen LogP contribution in [0.15, 0.2) is 101 Å². The molecule has 1 unspecified atom stereocenters. The monoisotopic (exact) mass is 510 g/mol. The van der Waals surface area contributed by atoms with Crippen molar-refractivity contribution in [1.82, 2.24) is 10.2 Å². The molecule has 4 nitrogen and oxygen atoms in total. The second-order valence-electron chi connectivity index (χ2n) is 10.2. The van der Waals surface area contributed by atoms with E-state index < -0.39 is 0 Å². The summed E-state index contributed by atoms with van der Waals surface area (Å²) in [5, 5.41) is 3.19. The molecule has 3 aromatic carbocycles. The average Bonchev–Trinajstić information content (AvgIpc) is 3.43. The maximum absolute atomic E-state index is 13.9. The maximum Gasteiger partial charge on any atom is 0.287 e. The van der Waals surface area contributed by atoms with Gasteiger partial charge in [0.25, 0.3) is 5.91 Å². The third-order valence-corrected chi connectivity index (χ3v) is 7.40. The highest BCUT2D eigenvalue weighted by Gasteiger charge is 2.24. The zero-order valence-corrected chi connectivity index (χ0v) is 21.7. The number of nitrogens with zero attached hydrogens (tertiary/aromatic N) is 1. The van der Waals surface area contributed by atoms with Crippen molar-refractivity contribution in [2.75, 3.05) is 0 Å². The summed E-state index contributed by atoms with van der Waals surface area (Å²) in [4.78, 5) is 15.7. The number of carbonyl (C=O) groups excluding carboxylic acids is 1. The Balaban J connectivity index is 1.30. The topological polar surface area (TPSA) is 45.5 Å². The van der Waals surface area contributed by atoms with E-state index in [0.29, 0.717) is 31.3 Å². The van der Waals surface area contributed by atoms with Gasteiger partial charge in [-0.1, -0.05) is 92.1 Å². The minimum atomic E-state index is -0.226. The highest BCUT2D eigenvalue weighted by atomic mass is 19.1. The molecule has 38 heavy (non-hydrogen) atoms. The molecule has 4 aromatic rings. The molecule has 5 rings (SSSR count). The highest BCUT2D eigenvalue weighted by molar-refractivity contribution is 5.91. The molecule has 1 aromatic heterocycles. The van der Waals surface area contributed by atoms with E-state index in [0.717, 1.165) is 35.3 Å². The number of furan rings is 1. The van der Waals surface area contributed by atoms with Gasteiger partial charge in [0.15, 0.2) is 5.76 Å². The molecule has 0 bridgehead atoms. The fourth-order valence-corrected chi connectivity index (χ4v) is 5.43. The van der Waals surface area contributed by atoms with Crippen molar-refractivity contribution >= 4 is 5.91 Å². The molecule has 1 amide bonds. The van der Waals surface area contributed by atoms with Gasteiger partial charge in [-0.05, 0) is 60.2 Å². The average molecular weight is 511 g/mol. The second kappa shape index (κ2) is 12.7. The summed E-state index contributed by atoms with van der Waals surface area (Å²) in [6.45, 7) is 1.23. The Morgan fingerprint density at radius 1 is 0.842 bits per heavy atom. The van der Waals surface area contributed by atoms with E-state index in [9.17, 15) is 9.18 Å². The molecule has 1 saturated carbocycles. The van der Waals surface area contributed by atoms with E-state index in [4.69, 9.17) is 4.42 Å². The fourth-order valence-electron chi connectivity index (χ4n) is 5.43. The summed E-state index contributed by atoms with van der Waals surface area (Å²) in [5.41, 5.74) is 3.16. The van der Waals surface area contributed by atoms with Crippen LogP contribution in [0.1, 0.15) is 71.2 Å². The first-order valence-electron chi connectivity index (χ1n) is 13.6. The maximum atomic E-state index is 13.9. The summed E-state index contributed by atoms with van der Waals surface area (Å²) < 4.78 is 19.9. The summed E-state index contributed by atoms with van der Waals surface area (Å²) >= 11 is 0. The molecule has 1 atom stereocenters. The molecule has 1 aliphatic rings. The minimum absolute atomic E-state index is 0.175. The van der Waals surface area contributed by atoms with Crippen molar-refractivity contribution in [1.29, 1.82) is 0 Å². The van der Waals surface area contributed by atoms with E-state index in [1.807, 2.05) is 60.7 Å². The summed E-state index contributed by atoms with van der Waals surface area (Å²) in [5.74, 6) is 0.613. The lowest BCUT2D eigenvalue weighted by molar-refractivity contribution is 0.0898. The number of hydrogen-bond donors (Lipinski definition) is 1. The largest absolute Gasteiger partial charge is 0.455 e. The van der Waals surface area contributed by atoms with Crippen LogP contribution in [0.25, 0.3) is 0 Å². The zero-order chi connectivity index (χ0) is 26.2. The van der Waals surface area contributed by atoms with Crippen molar-refractivity contribution in [3.8, 4) is 0 Å². The van der Waals surface area contributed by atoms with E-state index >= 15 is 0 Å². The van der Waals surface area contributed by atoms with E-state index in [1.165, 1.54) is 25.3 Å². The lowest BCUT2D eigenvalue weighted by Crippen LogP contribution is -2.35. The lowest BCUT2D eigenvalue weighted by Gasteiger charge is -2.34. The third-order valence-electron chi connectivity index (χ3n) is 7.40. The predicted molar refractivity (Wildman–Crippen MR) is 148 cm³/mol. The van der Waals surface area contributed by atoms with Gasteiger partial charge in [-0.2, -0.15) is 0 Å². The first-order valence-corrected chi connectivity index (χ1v) is 13.6.